The van der Waals surface area contributed by atoms with Gasteiger partial charge in [0.15, 0.2) is 0 Å². The average molecular weight is 503 g/mol. The Kier molecular flexibility index (Phi) is 8.38. The minimum absolute atomic E-state index is 0.0755. The number of hydrogen-bond acceptors (Lipinski definition) is 4. The molecule has 7 heteroatoms. The molecule has 0 heterocycles. The fraction of sp³-hybridized carbons (Fsp3) is 0.154. The molecule has 0 aliphatic heterocycles. The summed E-state index contributed by atoms with van der Waals surface area (Å²) >= 11 is 12.9. The van der Waals surface area contributed by atoms with Gasteiger partial charge in [-0.1, -0.05) is 77.8 Å². The van der Waals surface area contributed by atoms with E-state index in [9.17, 15) is 8.42 Å². The van der Waals surface area contributed by atoms with Crippen LogP contribution in [0.25, 0.3) is 11.1 Å². The van der Waals surface area contributed by atoms with Crippen LogP contribution in [-0.2, 0) is 20.7 Å². The maximum absolute atomic E-state index is 12.6. The fourth-order valence-corrected chi connectivity index (χ4v) is 4.74. The summed E-state index contributed by atoms with van der Waals surface area (Å²) < 4.78 is 36.7. The van der Waals surface area contributed by atoms with Gasteiger partial charge in [-0.2, -0.15) is 8.42 Å². The van der Waals surface area contributed by atoms with Gasteiger partial charge in [-0.05, 0) is 49.2 Å². The van der Waals surface area contributed by atoms with Crippen molar-refractivity contribution in [3.05, 3.63) is 107 Å². The van der Waals surface area contributed by atoms with Gasteiger partial charge in [0.2, 0.25) is 0 Å². The van der Waals surface area contributed by atoms with E-state index in [0.717, 1.165) is 11.1 Å². The highest BCUT2D eigenvalue weighted by Gasteiger charge is 2.22. The van der Waals surface area contributed by atoms with Crippen LogP contribution in [0.5, 0.6) is 5.75 Å². The summed E-state index contributed by atoms with van der Waals surface area (Å²) in [5, 5.41) is 0.938. The van der Waals surface area contributed by atoms with Gasteiger partial charge in [0.1, 0.15) is 18.5 Å². The maximum Gasteiger partial charge on any atom is 0.297 e. The minimum Gasteiger partial charge on any atom is -0.483 e. The first-order valence-electron chi connectivity index (χ1n) is 10.2. The van der Waals surface area contributed by atoms with E-state index in [1.54, 1.807) is 36.4 Å². The first-order chi connectivity index (χ1) is 15.8. The quantitative estimate of drug-likeness (QED) is 0.220. The van der Waals surface area contributed by atoms with E-state index < -0.39 is 16.2 Å². The molecule has 1 unspecified atom stereocenters. The molecule has 0 radical (unpaired) electrons. The lowest BCUT2D eigenvalue weighted by Gasteiger charge is -2.21. The third-order valence-electron chi connectivity index (χ3n) is 4.92. The number of halogens is 2. The largest absolute Gasteiger partial charge is 0.483 e. The van der Waals surface area contributed by atoms with E-state index in [2.05, 4.69) is 13.2 Å². The summed E-state index contributed by atoms with van der Waals surface area (Å²) in [7, 11) is -3.96. The molecule has 0 saturated heterocycles. The first-order valence-corrected chi connectivity index (χ1v) is 12.4. The highest BCUT2D eigenvalue weighted by Crippen LogP contribution is 2.42. The Labute approximate surface area is 205 Å². The molecule has 0 aliphatic carbocycles. The van der Waals surface area contributed by atoms with Crippen molar-refractivity contribution in [1.82, 2.24) is 0 Å². The van der Waals surface area contributed by atoms with Crippen molar-refractivity contribution >= 4 is 33.3 Å². The number of allylic oxidation sites excluding steroid dienone is 1. The van der Waals surface area contributed by atoms with Crippen molar-refractivity contribution < 1.29 is 17.3 Å². The lowest BCUT2D eigenvalue weighted by atomic mass is 9.99. The van der Waals surface area contributed by atoms with Crippen molar-refractivity contribution in [1.29, 1.82) is 0 Å². The molecule has 0 aromatic heterocycles. The number of para-hydroxylation sites is 1. The zero-order chi connectivity index (χ0) is 24.0. The Balaban J connectivity index is 1.92. The van der Waals surface area contributed by atoms with Gasteiger partial charge in [0, 0.05) is 11.1 Å². The molecule has 0 amide bonds. The molecule has 1 atom stereocenters. The van der Waals surface area contributed by atoms with E-state index in [1.807, 2.05) is 25.1 Å². The first kappa shape index (κ1) is 25.1. The SMILES string of the molecule is C=CCc1cccc(-c2c(Cl)cccc2Cl)c1OC(C=C)COS(=O)(=O)c1ccc(C)cc1. The monoisotopic (exact) mass is 502 g/mol. The van der Waals surface area contributed by atoms with Crippen LogP contribution >= 0.6 is 23.2 Å². The van der Waals surface area contributed by atoms with Crippen LogP contribution in [0.1, 0.15) is 11.1 Å². The number of rotatable bonds is 10. The molecule has 0 N–H and O–H groups in total. The molecule has 4 nitrogen and oxygen atoms in total. The van der Waals surface area contributed by atoms with Crippen molar-refractivity contribution in [2.24, 2.45) is 0 Å². The van der Waals surface area contributed by atoms with E-state index in [4.69, 9.17) is 32.1 Å². The summed E-state index contributed by atoms with van der Waals surface area (Å²) in [5.41, 5.74) is 3.09. The summed E-state index contributed by atoms with van der Waals surface area (Å²) in [6.45, 7) is 9.22. The van der Waals surface area contributed by atoms with Crippen LogP contribution < -0.4 is 4.74 Å². The average Bonchev–Trinajstić information content (AvgIpc) is 2.78. The second-order valence-corrected chi connectivity index (χ2v) is 9.76. The molecular weight excluding hydrogens is 479 g/mol. The number of aryl methyl sites for hydroxylation is 1. The van der Waals surface area contributed by atoms with Crippen molar-refractivity contribution in [3.63, 3.8) is 0 Å². The lowest BCUT2D eigenvalue weighted by molar-refractivity contribution is 0.167. The molecule has 0 fully saturated rings. The van der Waals surface area contributed by atoms with Crippen LogP contribution in [0.4, 0.5) is 0 Å². The standard InChI is InChI=1S/C26H24Cl2O4S/c1-4-8-19-9-6-10-22(25-23(27)11-7-12-24(25)28)26(19)32-20(5-2)17-31-33(29,30)21-15-13-18(3)14-16-21/h4-7,9-16,20H,1-2,8,17H2,3H3. The molecule has 0 spiro atoms. The second kappa shape index (κ2) is 11.0. The molecule has 0 saturated carbocycles. The van der Waals surface area contributed by atoms with E-state index in [1.165, 1.54) is 18.2 Å². The Morgan fingerprint density at radius 2 is 1.61 bits per heavy atom. The zero-order valence-electron chi connectivity index (χ0n) is 18.1. The predicted molar refractivity (Wildman–Crippen MR) is 135 cm³/mol. The van der Waals surface area contributed by atoms with Gasteiger partial charge < -0.3 is 4.74 Å². The van der Waals surface area contributed by atoms with Crippen molar-refractivity contribution in [2.75, 3.05) is 6.61 Å². The van der Waals surface area contributed by atoms with E-state index in [0.29, 0.717) is 33.3 Å². The molecule has 33 heavy (non-hydrogen) atoms. The molecule has 3 aromatic carbocycles. The summed E-state index contributed by atoms with van der Waals surface area (Å²) in [6.07, 6.45) is 3.02. The summed E-state index contributed by atoms with van der Waals surface area (Å²) in [5.74, 6) is 0.508. The van der Waals surface area contributed by atoms with Crippen LogP contribution in [0.15, 0.2) is 90.9 Å². The van der Waals surface area contributed by atoms with Gasteiger partial charge in [-0.15, -0.1) is 6.58 Å². The van der Waals surface area contributed by atoms with E-state index in [-0.39, 0.29) is 11.5 Å². The lowest BCUT2D eigenvalue weighted by Crippen LogP contribution is -2.23. The van der Waals surface area contributed by atoms with Crippen molar-refractivity contribution in [2.45, 2.75) is 24.3 Å². The zero-order valence-corrected chi connectivity index (χ0v) is 20.5. The highest BCUT2D eigenvalue weighted by molar-refractivity contribution is 7.86. The summed E-state index contributed by atoms with van der Waals surface area (Å²) in [4.78, 5) is 0.0755. The number of hydrogen-bond donors (Lipinski definition) is 0. The maximum atomic E-state index is 12.6. The van der Waals surface area contributed by atoms with Crippen LogP contribution in [-0.4, -0.2) is 21.1 Å². The van der Waals surface area contributed by atoms with Gasteiger partial charge in [0.05, 0.1) is 14.9 Å². The van der Waals surface area contributed by atoms with E-state index >= 15 is 0 Å². The smallest absolute Gasteiger partial charge is 0.297 e. The van der Waals surface area contributed by atoms with Gasteiger partial charge in [0.25, 0.3) is 10.1 Å². The van der Waals surface area contributed by atoms with Crippen molar-refractivity contribution in [3.8, 4) is 16.9 Å². The third kappa shape index (κ3) is 6.06. The third-order valence-corrected chi connectivity index (χ3v) is 6.85. The van der Waals surface area contributed by atoms with Crippen LogP contribution in [0.3, 0.4) is 0 Å². The molecule has 0 aliphatic rings. The molecular formula is C26H24Cl2O4S. The minimum atomic E-state index is -3.96. The fourth-order valence-electron chi connectivity index (χ4n) is 3.22. The number of ether oxygens (including phenoxy) is 1. The topological polar surface area (TPSA) is 52.6 Å². The number of benzene rings is 3. The van der Waals surface area contributed by atoms with Gasteiger partial charge in [-0.25, -0.2) is 0 Å². The molecule has 3 aromatic rings. The Morgan fingerprint density at radius 3 is 2.21 bits per heavy atom. The highest BCUT2D eigenvalue weighted by atomic mass is 35.5. The van der Waals surface area contributed by atoms with Gasteiger partial charge >= 0.3 is 0 Å². The normalized spacial score (nSPS) is 12.2. The Bertz CT molecular complexity index is 1230. The summed E-state index contributed by atoms with van der Waals surface area (Å²) in [6, 6.07) is 17.3. The van der Waals surface area contributed by atoms with Gasteiger partial charge in [-0.3, -0.25) is 4.18 Å². The Hall–Kier alpha value is -2.57. The predicted octanol–water partition coefficient (Wildman–Crippen LogP) is 7.04. The molecule has 3 rings (SSSR count). The molecule has 172 valence electrons. The second-order valence-electron chi connectivity index (χ2n) is 7.33. The van der Waals surface area contributed by atoms with Crippen LogP contribution in [0, 0.1) is 6.92 Å². The Morgan fingerprint density at radius 1 is 0.970 bits per heavy atom. The van der Waals surface area contributed by atoms with Crippen LogP contribution in [0.2, 0.25) is 10.0 Å². The molecule has 0 bridgehead atoms.